The predicted octanol–water partition coefficient (Wildman–Crippen LogP) is 5.36. The summed E-state index contributed by atoms with van der Waals surface area (Å²) in [5.74, 6) is 1.57. The molecule has 4 rings (SSSR count). The van der Waals surface area contributed by atoms with Crippen molar-refractivity contribution in [3.8, 4) is 5.75 Å². The van der Waals surface area contributed by atoms with Crippen molar-refractivity contribution >= 4 is 33.8 Å². The number of benzene rings is 2. The Balaban J connectivity index is 0.00000182. The minimum atomic E-state index is -0.186. The van der Waals surface area contributed by atoms with Gasteiger partial charge in [0.15, 0.2) is 0 Å². The van der Waals surface area contributed by atoms with Gasteiger partial charge in [-0.25, -0.2) is 4.39 Å². The average Bonchev–Trinajstić information content (AvgIpc) is 3.19. The Bertz CT molecular complexity index is 866. The van der Waals surface area contributed by atoms with Crippen LogP contribution in [0.1, 0.15) is 23.5 Å². The lowest BCUT2D eigenvalue weighted by Crippen LogP contribution is -2.16. The minimum Gasteiger partial charge on any atom is -0.496 e. The second-order valence-electron chi connectivity index (χ2n) is 6.38. The maximum atomic E-state index is 13.5. The van der Waals surface area contributed by atoms with Crippen LogP contribution in [-0.2, 0) is 6.54 Å². The molecule has 2 atom stereocenters. The van der Waals surface area contributed by atoms with Crippen LogP contribution in [0.25, 0.3) is 10.1 Å². The van der Waals surface area contributed by atoms with E-state index in [0.717, 1.165) is 30.8 Å². The lowest BCUT2D eigenvalue weighted by Gasteiger charge is -2.09. The molecule has 1 N–H and O–H groups in total. The molecule has 1 aromatic heterocycles. The molecule has 1 saturated carbocycles. The first-order valence-corrected chi connectivity index (χ1v) is 9.13. The molecule has 2 nitrogen and oxygen atoms in total. The van der Waals surface area contributed by atoms with Gasteiger partial charge in [-0.15, -0.1) is 23.7 Å². The first kappa shape index (κ1) is 18.2. The summed E-state index contributed by atoms with van der Waals surface area (Å²) in [6.45, 7) is 1.83. The number of nitrogens with one attached hydrogen (secondary N) is 1. The third-order valence-electron chi connectivity index (χ3n) is 4.80. The molecule has 25 heavy (non-hydrogen) atoms. The third kappa shape index (κ3) is 3.81. The van der Waals surface area contributed by atoms with Gasteiger partial charge in [-0.2, -0.15) is 0 Å². The maximum absolute atomic E-state index is 13.5. The van der Waals surface area contributed by atoms with Crippen LogP contribution in [-0.4, -0.2) is 13.7 Å². The quantitative estimate of drug-likeness (QED) is 0.624. The second kappa shape index (κ2) is 7.73. The van der Waals surface area contributed by atoms with Crippen molar-refractivity contribution in [3.05, 3.63) is 64.8 Å². The first-order chi connectivity index (χ1) is 11.8. The fourth-order valence-corrected chi connectivity index (χ4v) is 4.35. The van der Waals surface area contributed by atoms with Crippen LogP contribution in [0.2, 0.25) is 0 Å². The van der Waals surface area contributed by atoms with Crippen LogP contribution in [0.3, 0.4) is 0 Å². The highest BCUT2D eigenvalue weighted by Gasteiger charge is 2.39. The van der Waals surface area contributed by atoms with E-state index in [-0.39, 0.29) is 18.2 Å². The van der Waals surface area contributed by atoms with Crippen molar-refractivity contribution in [2.75, 3.05) is 13.7 Å². The minimum absolute atomic E-state index is 0. The van der Waals surface area contributed by atoms with E-state index < -0.39 is 0 Å². The number of hydrogen-bond donors (Lipinski definition) is 1. The van der Waals surface area contributed by atoms with E-state index >= 15 is 0 Å². The average molecular weight is 378 g/mol. The fraction of sp³-hybridized carbons (Fsp3) is 0.300. The van der Waals surface area contributed by atoms with Gasteiger partial charge in [0, 0.05) is 16.8 Å². The molecule has 1 heterocycles. The van der Waals surface area contributed by atoms with E-state index in [4.69, 9.17) is 4.74 Å². The highest BCUT2D eigenvalue weighted by molar-refractivity contribution is 7.17. The smallest absolute Gasteiger partial charge is 0.123 e. The van der Waals surface area contributed by atoms with Crippen molar-refractivity contribution in [2.45, 2.75) is 18.9 Å². The van der Waals surface area contributed by atoms with Gasteiger partial charge in [0.25, 0.3) is 0 Å². The molecule has 0 saturated heterocycles. The summed E-state index contributed by atoms with van der Waals surface area (Å²) in [5.41, 5.74) is 2.35. The zero-order valence-electron chi connectivity index (χ0n) is 14.0. The number of ether oxygens (including phenoxy) is 1. The lowest BCUT2D eigenvalue weighted by atomic mass is 10.1. The van der Waals surface area contributed by atoms with Gasteiger partial charge >= 0.3 is 0 Å². The summed E-state index contributed by atoms with van der Waals surface area (Å²) in [4.78, 5) is 0. The standard InChI is InChI=1S/C20H20FNOS.ClH/c1-23-19-6-5-16(21)10-18(19)17-9-15(17)12-22-11-14-4-2-3-13-7-8-24-20(13)14;/h2-8,10,15,17,22H,9,11-12H2,1H3;1H. The second-order valence-corrected chi connectivity index (χ2v) is 7.29. The number of hydrogen-bond acceptors (Lipinski definition) is 3. The van der Waals surface area contributed by atoms with Crippen molar-refractivity contribution in [1.82, 2.24) is 5.32 Å². The van der Waals surface area contributed by atoms with Crippen LogP contribution in [0, 0.1) is 11.7 Å². The summed E-state index contributed by atoms with van der Waals surface area (Å²) in [7, 11) is 1.65. The predicted molar refractivity (Wildman–Crippen MR) is 105 cm³/mol. The topological polar surface area (TPSA) is 21.3 Å². The summed E-state index contributed by atoms with van der Waals surface area (Å²) < 4.78 is 20.3. The Morgan fingerprint density at radius 2 is 2.12 bits per heavy atom. The number of thiophene rings is 1. The summed E-state index contributed by atoms with van der Waals surface area (Å²) in [6, 6.07) is 13.4. The van der Waals surface area contributed by atoms with Gasteiger partial charge in [-0.05, 0) is 65.4 Å². The molecule has 1 aliphatic rings. The number of fused-ring (bicyclic) bond motifs is 1. The highest BCUT2D eigenvalue weighted by atomic mass is 35.5. The van der Waals surface area contributed by atoms with Crippen LogP contribution < -0.4 is 10.1 Å². The van der Waals surface area contributed by atoms with E-state index in [1.807, 2.05) is 0 Å². The van der Waals surface area contributed by atoms with Crippen molar-refractivity contribution in [1.29, 1.82) is 0 Å². The van der Waals surface area contributed by atoms with Gasteiger partial charge in [0.1, 0.15) is 11.6 Å². The molecule has 2 aromatic carbocycles. The third-order valence-corrected chi connectivity index (χ3v) is 5.80. The van der Waals surface area contributed by atoms with Crippen LogP contribution in [0.4, 0.5) is 4.39 Å². The Hall–Kier alpha value is -1.62. The fourth-order valence-electron chi connectivity index (χ4n) is 3.44. The molecular weight excluding hydrogens is 357 g/mol. The molecule has 0 amide bonds. The molecule has 2 unspecified atom stereocenters. The Labute approximate surface area is 157 Å². The van der Waals surface area contributed by atoms with Crippen LogP contribution in [0.5, 0.6) is 5.75 Å². The van der Waals surface area contributed by atoms with E-state index in [9.17, 15) is 4.39 Å². The van der Waals surface area contributed by atoms with Crippen molar-refractivity contribution in [2.24, 2.45) is 5.92 Å². The molecule has 0 radical (unpaired) electrons. The monoisotopic (exact) mass is 377 g/mol. The molecule has 5 heteroatoms. The molecule has 1 fully saturated rings. The van der Waals surface area contributed by atoms with Crippen LogP contribution in [0.15, 0.2) is 47.8 Å². The van der Waals surface area contributed by atoms with Gasteiger partial charge in [-0.1, -0.05) is 18.2 Å². The summed E-state index contributed by atoms with van der Waals surface area (Å²) in [5, 5.41) is 7.02. The van der Waals surface area contributed by atoms with Gasteiger partial charge < -0.3 is 10.1 Å². The molecular formula is C20H21ClFNOS. The lowest BCUT2D eigenvalue weighted by molar-refractivity contribution is 0.407. The summed E-state index contributed by atoms with van der Waals surface area (Å²) in [6.07, 6.45) is 1.09. The Kier molecular flexibility index (Phi) is 5.62. The first-order valence-electron chi connectivity index (χ1n) is 8.25. The highest BCUT2D eigenvalue weighted by Crippen LogP contribution is 2.50. The van der Waals surface area contributed by atoms with E-state index in [1.165, 1.54) is 21.7 Å². The maximum Gasteiger partial charge on any atom is 0.123 e. The van der Waals surface area contributed by atoms with E-state index in [0.29, 0.717) is 11.8 Å². The Morgan fingerprint density at radius 3 is 2.96 bits per heavy atom. The van der Waals surface area contributed by atoms with Gasteiger partial charge in [-0.3, -0.25) is 0 Å². The normalized spacial score (nSPS) is 18.8. The molecule has 0 spiro atoms. The van der Waals surface area contributed by atoms with Crippen LogP contribution >= 0.6 is 23.7 Å². The zero-order chi connectivity index (χ0) is 16.5. The number of halogens is 2. The largest absolute Gasteiger partial charge is 0.496 e. The van der Waals surface area contributed by atoms with E-state index in [2.05, 4.69) is 35.0 Å². The van der Waals surface area contributed by atoms with Crippen molar-refractivity contribution < 1.29 is 9.13 Å². The summed E-state index contributed by atoms with van der Waals surface area (Å²) >= 11 is 1.79. The SMILES string of the molecule is COc1ccc(F)cc1C1CC1CNCc1cccc2ccsc12.Cl. The molecule has 0 aliphatic heterocycles. The molecule has 0 bridgehead atoms. The Morgan fingerprint density at radius 1 is 1.24 bits per heavy atom. The van der Waals surface area contributed by atoms with Crippen molar-refractivity contribution in [3.63, 3.8) is 0 Å². The molecule has 1 aliphatic carbocycles. The molecule has 132 valence electrons. The van der Waals surface area contributed by atoms with Gasteiger partial charge in [0.2, 0.25) is 0 Å². The number of rotatable bonds is 6. The molecule has 3 aromatic rings. The number of methoxy groups -OCH3 is 1. The zero-order valence-corrected chi connectivity index (χ0v) is 15.6. The van der Waals surface area contributed by atoms with E-state index in [1.54, 1.807) is 30.6 Å². The van der Waals surface area contributed by atoms with Gasteiger partial charge in [0.05, 0.1) is 7.11 Å².